The Kier molecular flexibility index (Phi) is 3.67. The van der Waals surface area contributed by atoms with Crippen molar-refractivity contribution in [1.29, 1.82) is 0 Å². The summed E-state index contributed by atoms with van der Waals surface area (Å²) in [4.78, 5) is 4.34. The van der Waals surface area contributed by atoms with Crippen LogP contribution in [-0.2, 0) is 0 Å². The molecule has 0 aliphatic heterocycles. The van der Waals surface area contributed by atoms with Crippen molar-refractivity contribution in [2.24, 2.45) is 0 Å². The van der Waals surface area contributed by atoms with Crippen molar-refractivity contribution in [2.45, 2.75) is 46.1 Å². The first kappa shape index (κ1) is 12.0. The molecule has 17 heavy (non-hydrogen) atoms. The van der Waals surface area contributed by atoms with E-state index in [0.717, 1.165) is 22.7 Å². The van der Waals surface area contributed by atoms with E-state index in [1.165, 1.54) is 19.3 Å². The standard InChI is InChI=1S/C14H20N2O/c1-4-5-6-10(2)15-12-7-8-14-13(9-12)16-11(3)17-14/h7-10,15H,4-6H2,1-3H3. The summed E-state index contributed by atoms with van der Waals surface area (Å²) in [6.45, 7) is 6.31. The van der Waals surface area contributed by atoms with Gasteiger partial charge in [-0.15, -0.1) is 0 Å². The molecule has 0 fully saturated rings. The molecule has 1 aromatic heterocycles. The number of aryl methyl sites for hydroxylation is 1. The van der Waals surface area contributed by atoms with Crippen LogP contribution in [-0.4, -0.2) is 11.0 Å². The van der Waals surface area contributed by atoms with Gasteiger partial charge in [-0.2, -0.15) is 0 Å². The zero-order chi connectivity index (χ0) is 12.3. The van der Waals surface area contributed by atoms with Crippen molar-refractivity contribution in [3.63, 3.8) is 0 Å². The van der Waals surface area contributed by atoms with Crippen LogP contribution in [0.5, 0.6) is 0 Å². The van der Waals surface area contributed by atoms with Gasteiger partial charge in [0.05, 0.1) is 0 Å². The van der Waals surface area contributed by atoms with Crippen LogP contribution in [0.4, 0.5) is 5.69 Å². The van der Waals surface area contributed by atoms with Gasteiger partial charge in [0.15, 0.2) is 11.5 Å². The van der Waals surface area contributed by atoms with Gasteiger partial charge in [0.1, 0.15) is 5.52 Å². The maximum Gasteiger partial charge on any atom is 0.192 e. The highest BCUT2D eigenvalue weighted by molar-refractivity contribution is 5.77. The van der Waals surface area contributed by atoms with E-state index >= 15 is 0 Å². The van der Waals surface area contributed by atoms with Crippen LogP contribution < -0.4 is 5.32 Å². The second kappa shape index (κ2) is 5.21. The Bertz CT molecular complexity index is 490. The van der Waals surface area contributed by atoms with Gasteiger partial charge in [0.25, 0.3) is 0 Å². The Morgan fingerprint density at radius 3 is 3.00 bits per heavy atom. The number of aromatic nitrogens is 1. The Hall–Kier alpha value is -1.51. The largest absolute Gasteiger partial charge is 0.441 e. The maximum atomic E-state index is 5.45. The molecular weight excluding hydrogens is 212 g/mol. The first-order chi connectivity index (χ1) is 8.19. The van der Waals surface area contributed by atoms with Gasteiger partial charge in [0.2, 0.25) is 0 Å². The van der Waals surface area contributed by atoms with Gasteiger partial charge in [-0.1, -0.05) is 19.8 Å². The number of anilines is 1. The summed E-state index contributed by atoms with van der Waals surface area (Å²) >= 11 is 0. The second-order valence-corrected chi connectivity index (χ2v) is 4.60. The molecule has 0 bridgehead atoms. The molecule has 1 N–H and O–H groups in total. The quantitative estimate of drug-likeness (QED) is 0.842. The van der Waals surface area contributed by atoms with E-state index in [-0.39, 0.29) is 0 Å². The normalized spacial score (nSPS) is 12.9. The van der Waals surface area contributed by atoms with Gasteiger partial charge < -0.3 is 9.73 Å². The predicted molar refractivity (Wildman–Crippen MR) is 71.4 cm³/mol. The minimum absolute atomic E-state index is 0.500. The van der Waals surface area contributed by atoms with E-state index in [4.69, 9.17) is 4.42 Å². The molecule has 1 aromatic carbocycles. The van der Waals surface area contributed by atoms with Gasteiger partial charge in [0, 0.05) is 18.7 Å². The number of rotatable bonds is 5. The Morgan fingerprint density at radius 2 is 2.24 bits per heavy atom. The molecule has 0 saturated heterocycles. The topological polar surface area (TPSA) is 38.1 Å². The van der Waals surface area contributed by atoms with Crippen LogP contribution in [0.15, 0.2) is 22.6 Å². The second-order valence-electron chi connectivity index (χ2n) is 4.60. The minimum Gasteiger partial charge on any atom is -0.441 e. The van der Waals surface area contributed by atoms with Crippen LogP contribution in [0.2, 0.25) is 0 Å². The Labute approximate surface area is 102 Å². The van der Waals surface area contributed by atoms with Crippen LogP contribution in [0.1, 0.15) is 39.0 Å². The average Bonchev–Trinajstić information content (AvgIpc) is 2.65. The van der Waals surface area contributed by atoms with E-state index in [2.05, 4.69) is 30.2 Å². The Morgan fingerprint density at radius 1 is 1.41 bits per heavy atom. The summed E-state index contributed by atoms with van der Waals surface area (Å²) in [7, 11) is 0. The summed E-state index contributed by atoms with van der Waals surface area (Å²) in [5, 5.41) is 3.50. The molecule has 0 aliphatic carbocycles. The van der Waals surface area contributed by atoms with Crippen LogP contribution in [0.25, 0.3) is 11.1 Å². The third kappa shape index (κ3) is 2.99. The van der Waals surface area contributed by atoms with Gasteiger partial charge in [-0.25, -0.2) is 4.98 Å². The monoisotopic (exact) mass is 232 g/mol. The van der Waals surface area contributed by atoms with E-state index in [1.807, 2.05) is 19.1 Å². The molecule has 3 nitrogen and oxygen atoms in total. The number of benzene rings is 1. The molecule has 3 heteroatoms. The van der Waals surface area contributed by atoms with Gasteiger partial charge >= 0.3 is 0 Å². The lowest BCUT2D eigenvalue weighted by molar-refractivity contribution is 0.561. The smallest absolute Gasteiger partial charge is 0.192 e. The fourth-order valence-electron chi connectivity index (χ4n) is 2.00. The predicted octanol–water partition coefficient (Wildman–Crippen LogP) is 4.13. The Balaban J connectivity index is 2.08. The van der Waals surface area contributed by atoms with Gasteiger partial charge in [-0.05, 0) is 31.5 Å². The van der Waals surface area contributed by atoms with Crippen LogP contribution >= 0.6 is 0 Å². The maximum absolute atomic E-state index is 5.45. The van der Waals surface area contributed by atoms with Crippen molar-refractivity contribution in [2.75, 3.05) is 5.32 Å². The fraction of sp³-hybridized carbons (Fsp3) is 0.500. The molecule has 1 atom stereocenters. The summed E-state index contributed by atoms with van der Waals surface area (Å²) in [5.74, 6) is 0.719. The number of nitrogens with zero attached hydrogens (tertiary/aromatic N) is 1. The SMILES string of the molecule is CCCCC(C)Nc1ccc2oc(C)nc2c1. The van der Waals surface area contributed by atoms with Crippen molar-refractivity contribution in [1.82, 2.24) is 4.98 Å². The zero-order valence-electron chi connectivity index (χ0n) is 10.8. The first-order valence-electron chi connectivity index (χ1n) is 6.32. The molecule has 1 heterocycles. The highest BCUT2D eigenvalue weighted by Crippen LogP contribution is 2.20. The van der Waals surface area contributed by atoms with E-state index in [0.29, 0.717) is 6.04 Å². The zero-order valence-corrected chi connectivity index (χ0v) is 10.8. The fourth-order valence-corrected chi connectivity index (χ4v) is 2.00. The number of hydrogen-bond donors (Lipinski definition) is 1. The van der Waals surface area contributed by atoms with Crippen LogP contribution in [0, 0.1) is 6.92 Å². The lowest BCUT2D eigenvalue weighted by Gasteiger charge is -2.14. The summed E-state index contributed by atoms with van der Waals surface area (Å²) in [6.07, 6.45) is 3.71. The number of nitrogens with one attached hydrogen (secondary N) is 1. The van der Waals surface area contributed by atoms with Crippen LogP contribution in [0.3, 0.4) is 0 Å². The van der Waals surface area contributed by atoms with Crippen molar-refractivity contribution in [3.8, 4) is 0 Å². The van der Waals surface area contributed by atoms with Gasteiger partial charge in [-0.3, -0.25) is 0 Å². The summed E-state index contributed by atoms with van der Waals surface area (Å²) < 4.78 is 5.45. The molecule has 92 valence electrons. The molecular formula is C14H20N2O. The molecule has 1 unspecified atom stereocenters. The lowest BCUT2D eigenvalue weighted by Crippen LogP contribution is -2.14. The number of unbranched alkanes of at least 4 members (excludes halogenated alkanes) is 1. The molecule has 2 rings (SSSR count). The molecule has 0 radical (unpaired) electrons. The highest BCUT2D eigenvalue weighted by atomic mass is 16.3. The number of fused-ring (bicyclic) bond motifs is 1. The lowest BCUT2D eigenvalue weighted by atomic mass is 10.1. The summed E-state index contributed by atoms with van der Waals surface area (Å²) in [6, 6.07) is 6.58. The number of oxazole rings is 1. The van der Waals surface area contributed by atoms with Crippen molar-refractivity contribution >= 4 is 16.8 Å². The molecule has 0 amide bonds. The number of hydrogen-bond acceptors (Lipinski definition) is 3. The van der Waals surface area contributed by atoms with Crippen molar-refractivity contribution in [3.05, 3.63) is 24.1 Å². The van der Waals surface area contributed by atoms with E-state index in [9.17, 15) is 0 Å². The third-order valence-electron chi connectivity index (χ3n) is 2.90. The molecule has 0 saturated carbocycles. The minimum atomic E-state index is 0.500. The highest BCUT2D eigenvalue weighted by Gasteiger charge is 2.05. The first-order valence-corrected chi connectivity index (χ1v) is 6.32. The summed E-state index contributed by atoms with van der Waals surface area (Å²) in [5.41, 5.74) is 2.90. The van der Waals surface area contributed by atoms with E-state index < -0.39 is 0 Å². The molecule has 0 aliphatic rings. The molecule has 0 spiro atoms. The average molecular weight is 232 g/mol. The molecule has 2 aromatic rings. The van der Waals surface area contributed by atoms with E-state index in [1.54, 1.807) is 0 Å². The van der Waals surface area contributed by atoms with Crippen molar-refractivity contribution < 1.29 is 4.42 Å². The third-order valence-corrected chi connectivity index (χ3v) is 2.90.